The summed E-state index contributed by atoms with van der Waals surface area (Å²) in [5, 5.41) is 8.63. The van der Waals surface area contributed by atoms with Gasteiger partial charge in [0.1, 0.15) is 5.69 Å². The molecule has 0 aliphatic rings. The van der Waals surface area contributed by atoms with E-state index in [2.05, 4.69) is 4.98 Å². The highest BCUT2D eigenvalue weighted by atomic mass is 35.5. The molecule has 0 atom stereocenters. The third-order valence-electron chi connectivity index (χ3n) is 2.03. The molecule has 0 bridgehead atoms. The monoisotopic (exact) mass is 250 g/mol. The summed E-state index contributed by atoms with van der Waals surface area (Å²) in [7, 11) is 0. The number of carbonyl (C=O) groups is 1. The van der Waals surface area contributed by atoms with E-state index in [1.165, 1.54) is 0 Å². The number of carboxylic acid groups (broad SMARTS) is 1. The maximum absolute atomic E-state index is 12.6. The van der Waals surface area contributed by atoms with Crippen molar-refractivity contribution in [2.45, 2.75) is 18.7 Å². The van der Waals surface area contributed by atoms with Gasteiger partial charge in [-0.3, -0.25) is 9.78 Å². The second-order valence-electron chi connectivity index (χ2n) is 3.06. The number of hydrogen-bond acceptors (Lipinski definition) is 3. The molecule has 1 aromatic rings. The van der Waals surface area contributed by atoms with Crippen LogP contribution in [0, 0.1) is 0 Å². The van der Waals surface area contributed by atoms with Gasteiger partial charge in [-0.15, -0.1) is 11.6 Å². The molecule has 0 unspecified atom stereocenters. The minimum atomic E-state index is -2.80. The smallest absolute Gasteiger partial charge is 0.307 e. The zero-order chi connectivity index (χ0) is 12.3. The van der Waals surface area contributed by atoms with Crippen molar-refractivity contribution in [2.24, 2.45) is 0 Å². The van der Waals surface area contributed by atoms with Crippen LogP contribution in [0.2, 0.25) is 0 Å². The zero-order valence-electron chi connectivity index (χ0n) is 8.08. The van der Waals surface area contributed by atoms with Crippen LogP contribution in [0.25, 0.3) is 0 Å². The largest absolute Gasteiger partial charge is 0.481 e. The van der Waals surface area contributed by atoms with Crippen LogP contribution in [-0.2, 0) is 17.1 Å². The van der Waals surface area contributed by atoms with Gasteiger partial charge in [-0.2, -0.15) is 0 Å². The number of aliphatic carboxylic acids is 1. The molecular weight excluding hydrogens is 242 g/mol. The van der Waals surface area contributed by atoms with Crippen LogP contribution in [0.5, 0.6) is 0 Å². The lowest BCUT2D eigenvalue weighted by Crippen LogP contribution is -2.10. The first-order valence-corrected chi connectivity index (χ1v) is 4.82. The van der Waals surface area contributed by atoms with Crippen LogP contribution in [0.4, 0.5) is 14.5 Å². The number of nitrogen functional groups attached to an aromatic ring is 1. The highest BCUT2D eigenvalue weighted by Gasteiger charge is 2.20. The van der Waals surface area contributed by atoms with Gasteiger partial charge in [0.25, 0.3) is 6.43 Å². The fourth-order valence-corrected chi connectivity index (χ4v) is 1.62. The molecule has 0 aromatic carbocycles. The lowest BCUT2D eigenvalue weighted by Gasteiger charge is -2.12. The summed E-state index contributed by atoms with van der Waals surface area (Å²) in [4.78, 5) is 14.0. The highest BCUT2D eigenvalue weighted by molar-refractivity contribution is 6.17. The first kappa shape index (κ1) is 12.6. The lowest BCUT2D eigenvalue weighted by molar-refractivity contribution is -0.136. The SMILES string of the molecule is Nc1cnc(C(F)F)c(CCl)c1CC(=O)O. The Morgan fingerprint density at radius 3 is 2.62 bits per heavy atom. The summed E-state index contributed by atoms with van der Waals surface area (Å²) in [5.41, 5.74) is 5.13. The fraction of sp³-hybridized carbons (Fsp3) is 0.333. The summed E-state index contributed by atoms with van der Waals surface area (Å²) >= 11 is 5.51. The third kappa shape index (κ3) is 2.57. The maximum atomic E-state index is 12.6. The van der Waals surface area contributed by atoms with Crippen molar-refractivity contribution in [3.05, 3.63) is 23.0 Å². The number of carboxylic acids is 1. The summed E-state index contributed by atoms with van der Waals surface area (Å²) < 4.78 is 25.1. The number of hydrogen-bond donors (Lipinski definition) is 2. The number of nitrogens with zero attached hydrogens (tertiary/aromatic N) is 1. The van der Waals surface area contributed by atoms with Gasteiger partial charge in [-0.25, -0.2) is 8.78 Å². The number of alkyl halides is 3. The van der Waals surface area contributed by atoms with Gasteiger partial charge in [0.05, 0.1) is 18.3 Å². The van der Waals surface area contributed by atoms with Crippen molar-refractivity contribution in [3.63, 3.8) is 0 Å². The molecular formula is C9H9ClF2N2O2. The Balaban J connectivity index is 3.32. The predicted molar refractivity (Wildman–Crippen MR) is 54.5 cm³/mol. The second kappa shape index (κ2) is 5.07. The van der Waals surface area contributed by atoms with Crippen molar-refractivity contribution in [1.82, 2.24) is 4.98 Å². The number of rotatable bonds is 4. The summed E-state index contributed by atoms with van der Waals surface area (Å²) in [6, 6.07) is 0. The van der Waals surface area contributed by atoms with E-state index < -0.39 is 24.5 Å². The number of nitrogens with two attached hydrogens (primary N) is 1. The standard InChI is InChI=1S/C9H9ClF2N2O2/c10-2-5-4(1-7(15)16)6(13)3-14-8(5)9(11)12/h3,9H,1-2,13H2,(H,15,16). The molecule has 16 heavy (non-hydrogen) atoms. The third-order valence-corrected chi connectivity index (χ3v) is 2.30. The van der Waals surface area contributed by atoms with Gasteiger partial charge >= 0.3 is 5.97 Å². The van der Waals surface area contributed by atoms with Crippen LogP contribution < -0.4 is 5.73 Å². The molecule has 88 valence electrons. The van der Waals surface area contributed by atoms with Crippen LogP contribution in [0.15, 0.2) is 6.20 Å². The average Bonchev–Trinajstić information content (AvgIpc) is 2.19. The molecule has 0 radical (unpaired) electrons. The van der Waals surface area contributed by atoms with Gasteiger partial charge in [0.2, 0.25) is 0 Å². The topological polar surface area (TPSA) is 76.2 Å². The Labute approximate surface area is 95.0 Å². The van der Waals surface area contributed by atoms with Crippen molar-refractivity contribution < 1.29 is 18.7 Å². The first-order valence-electron chi connectivity index (χ1n) is 4.29. The normalized spacial score (nSPS) is 10.8. The van der Waals surface area contributed by atoms with Crippen molar-refractivity contribution >= 4 is 23.3 Å². The molecule has 3 N–H and O–H groups in total. The molecule has 0 saturated carbocycles. The van der Waals surface area contributed by atoms with Gasteiger partial charge < -0.3 is 10.8 Å². The van der Waals surface area contributed by atoms with E-state index in [4.69, 9.17) is 22.4 Å². The predicted octanol–water partition coefficient (Wildman–Crippen LogP) is 1.97. The molecule has 0 amide bonds. The summed E-state index contributed by atoms with van der Waals surface area (Å²) in [6.45, 7) is 0. The molecule has 0 spiro atoms. The Bertz CT molecular complexity index is 413. The Kier molecular flexibility index (Phi) is 4.00. The summed E-state index contributed by atoms with van der Waals surface area (Å²) in [6.07, 6.45) is -2.23. The molecule has 0 aliphatic carbocycles. The van der Waals surface area contributed by atoms with Crippen molar-refractivity contribution in [3.8, 4) is 0 Å². The van der Waals surface area contributed by atoms with Gasteiger partial charge in [-0.1, -0.05) is 0 Å². The van der Waals surface area contributed by atoms with Crippen LogP contribution in [0.3, 0.4) is 0 Å². The second-order valence-corrected chi connectivity index (χ2v) is 3.33. The van der Waals surface area contributed by atoms with Gasteiger partial charge in [-0.05, 0) is 5.56 Å². The van der Waals surface area contributed by atoms with E-state index in [9.17, 15) is 13.6 Å². The van der Waals surface area contributed by atoms with Gasteiger partial charge in [0.15, 0.2) is 0 Å². The van der Waals surface area contributed by atoms with E-state index in [1.807, 2.05) is 0 Å². The Hall–Kier alpha value is -1.43. The van der Waals surface area contributed by atoms with Crippen LogP contribution in [-0.4, -0.2) is 16.1 Å². The molecule has 1 rings (SSSR count). The molecule has 0 fully saturated rings. The van der Waals surface area contributed by atoms with Crippen molar-refractivity contribution in [1.29, 1.82) is 0 Å². The van der Waals surface area contributed by atoms with E-state index in [0.29, 0.717) is 0 Å². The van der Waals surface area contributed by atoms with Gasteiger partial charge in [0, 0.05) is 11.4 Å². The van der Waals surface area contributed by atoms with E-state index in [-0.39, 0.29) is 22.7 Å². The number of halogens is 3. The minimum Gasteiger partial charge on any atom is -0.481 e. The molecule has 1 aromatic heterocycles. The molecule has 0 aliphatic heterocycles. The van der Waals surface area contributed by atoms with E-state index in [1.54, 1.807) is 0 Å². The average molecular weight is 251 g/mol. The number of pyridine rings is 1. The Morgan fingerprint density at radius 1 is 1.56 bits per heavy atom. The quantitative estimate of drug-likeness (QED) is 0.801. The van der Waals surface area contributed by atoms with E-state index >= 15 is 0 Å². The first-order chi connectivity index (χ1) is 7.47. The maximum Gasteiger partial charge on any atom is 0.307 e. The highest BCUT2D eigenvalue weighted by Crippen LogP contribution is 2.28. The molecule has 1 heterocycles. The lowest BCUT2D eigenvalue weighted by atomic mass is 10.0. The molecule has 0 saturated heterocycles. The van der Waals surface area contributed by atoms with E-state index in [0.717, 1.165) is 6.20 Å². The number of anilines is 1. The summed E-state index contributed by atoms with van der Waals surface area (Å²) in [5.74, 6) is -1.41. The molecule has 7 heteroatoms. The number of aromatic nitrogens is 1. The van der Waals surface area contributed by atoms with Crippen molar-refractivity contribution in [2.75, 3.05) is 5.73 Å². The molecule has 4 nitrogen and oxygen atoms in total. The minimum absolute atomic E-state index is 0.000864. The zero-order valence-corrected chi connectivity index (χ0v) is 8.84. The fourth-order valence-electron chi connectivity index (χ4n) is 1.32. The van der Waals surface area contributed by atoms with Crippen LogP contribution >= 0.6 is 11.6 Å². The Morgan fingerprint density at radius 2 is 2.19 bits per heavy atom. The van der Waals surface area contributed by atoms with Crippen LogP contribution in [0.1, 0.15) is 23.2 Å².